The van der Waals surface area contributed by atoms with Gasteiger partial charge < -0.3 is 0 Å². The van der Waals surface area contributed by atoms with E-state index in [2.05, 4.69) is 69.3 Å². The number of rotatable bonds is 2. The van der Waals surface area contributed by atoms with Gasteiger partial charge in [-0.25, -0.2) is 0 Å². The molecule has 0 bridgehead atoms. The second-order valence-corrected chi connectivity index (χ2v) is 6.96. The second-order valence-electron chi connectivity index (χ2n) is 6.96. The molecule has 0 amide bonds. The van der Waals surface area contributed by atoms with Crippen LogP contribution in [0.5, 0.6) is 0 Å². The van der Waals surface area contributed by atoms with Gasteiger partial charge in [0.15, 0.2) is 0 Å². The lowest BCUT2D eigenvalue weighted by Gasteiger charge is -2.29. The SMILES string of the molecule is Cc1ccc2c(c1)C(C)(c1ccc(C=O)cc1)c1cc(C)ccc1-2. The Kier molecular flexibility index (Phi) is 3.21. The number of aryl methyl sites for hydroxylation is 2. The Morgan fingerprint density at radius 2 is 1.25 bits per heavy atom. The third-order valence-electron chi connectivity index (χ3n) is 5.34. The highest BCUT2D eigenvalue weighted by atomic mass is 16.1. The molecule has 0 saturated carbocycles. The molecule has 0 fully saturated rings. The average molecular weight is 312 g/mol. The molecule has 0 N–H and O–H groups in total. The van der Waals surface area contributed by atoms with Gasteiger partial charge in [-0.3, -0.25) is 4.79 Å². The molecule has 1 heteroatoms. The lowest BCUT2D eigenvalue weighted by molar-refractivity contribution is 0.112. The van der Waals surface area contributed by atoms with Crippen LogP contribution in [-0.4, -0.2) is 6.29 Å². The van der Waals surface area contributed by atoms with Crippen LogP contribution in [0.15, 0.2) is 60.7 Å². The van der Waals surface area contributed by atoms with Crippen molar-refractivity contribution in [1.82, 2.24) is 0 Å². The molecule has 1 nitrogen and oxygen atoms in total. The Hall–Kier alpha value is -2.67. The predicted molar refractivity (Wildman–Crippen MR) is 98.7 cm³/mol. The summed E-state index contributed by atoms with van der Waals surface area (Å²) in [6.45, 7) is 6.58. The Labute approximate surface area is 143 Å². The van der Waals surface area contributed by atoms with E-state index in [4.69, 9.17) is 0 Å². The van der Waals surface area contributed by atoms with E-state index in [1.165, 1.54) is 38.9 Å². The summed E-state index contributed by atoms with van der Waals surface area (Å²) in [5, 5.41) is 0. The van der Waals surface area contributed by atoms with Crippen molar-refractivity contribution < 1.29 is 4.79 Å². The molecule has 0 radical (unpaired) electrons. The van der Waals surface area contributed by atoms with Crippen molar-refractivity contribution in [3.8, 4) is 11.1 Å². The maximum absolute atomic E-state index is 11.0. The van der Waals surface area contributed by atoms with Crippen molar-refractivity contribution in [3.63, 3.8) is 0 Å². The minimum Gasteiger partial charge on any atom is -0.298 e. The van der Waals surface area contributed by atoms with Gasteiger partial charge in [0.2, 0.25) is 0 Å². The van der Waals surface area contributed by atoms with Gasteiger partial charge in [-0.05, 0) is 48.6 Å². The Morgan fingerprint density at radius 1 is 0.750 bits per heavy atom. The molecule has 0 spiro atoms. The molecule has 0 heterocycles. The monoisotopic (exact) mass is 312 g/mol. The van der Waals surface area contributed by atoms with E-state index in [0.717, 1.165) is 6.29 Å². The van der Waals surface area contributed by atoms with E-state index in [-0.39, 0.29) is 5.41 Å². The third-order valence-corrected chi connectivity index (χ3v) is 5.34. The summed E-state index contributed by atoms with van der Waals surface area (Å²) in [5.74, 6) is 0. The summed E-state index contributed by atoms with van der Waals surface area (Å²) in [6.07, 6.45) is 0.900. The van der Waals surface area contributed by atoms with Gasteiger partial charge in [0, 0.05) is 11.0 Å². The van der Waals surface area contributed by atoms with Gasteiger partial charge in [0.05, 0.1) is 0 Å². The number of fused-ring (bicyclic) bond motifs is 3. The first-order valence-corrected chi connectivity index (χ1v) is 8.32. The molecule has 4 rings (SSSR count). The number of carbonyl (C=O) groups excluding carboxylic acids is 1. The zero-order chi connectivity index (χ0) is 16.9. The van der Waals surface area contributed by atoms with Crippen molar-refractivity contribution in [2.24, 2.45) is 0 Å². The fourth-order valence-corrected chi connectivity index (χ4v) is 3.96. The lowest BCUT2D eigenvalue weighted by atomic mass is 9.73. The van der Waals surface area contributed by atoms with E-state index in [9.17, 15) is 4.79 Å². The minimum absolute atomic E-state index is 0.190. The highest BCUT2D eigenvalue weighted by Gasteiger charge is 2.40. The summed E-state index contributed by atoms with van der Waals surface area (Å²) >= 11 is 0. The van der Waals surface area contributed by atoms with Crippen LogP contribution in [0.3, 0.4) is 0 Å². The molecule has 3 aromatic rings. The number of carbonyl (C=O) groups is 1. The molecule has 0 saturated heterocycles. The smallest absolute Gasteiger partial charge is 0.150 e. The zero-order valence-electron chi connectivity index (χ0n) is 14.3. The van der Waals surface area contributed by atoms with E-state index in [1.54, 1.807) is 0 Å². The van der Waals surface area contributed by atoms with Gasteiger partial charge in [0.1, 0.15) is 6.29 Å². The molecule has 1 aliphatic rings. The average Bonchev–Trinajstić information content (AvgIpc) is 2.84. The van der Waals surface area contributed by atoms with Crippen molar-refractivity contribution in [2.75, 3.05) is 0 Å². The van der Waals surface area contributed by atoms with Crippen LogP contribution in [0, 0.1) is 13.8 Å². The standard InChI is InChI=1S/C23H20O/c1-15-4-10-19-20-11-5-16(2)13-22(20)23(3,21(19)12-15)18-8-6-17(14-24)7-9-18/h4-14H,1-3H3. The van der Waals surface area contributed by atoms with Crippen LogP contribution in [0.4, 0.5) is 0 Å². The van der Waals surface area contributed by atoms with Crippen LogP contribution >= 0.6 is 0 Å². The quantitative estimate of drug-likeness (QED) is 0.575. The van der Waals surface area contributed by atoms with E-state index >= 15 is 0 Å². The highest BCUT2D eigenvalue weighted by Crippen LogP contribution is 2.52. The normalized spacial score (nSPS) is 14.1. The fourth-order valence-electron chi connectivity index (χ4n) is 3.96. The molecular formula is C23H20O. The first-order chi connectivity index (χ1) is 11.5. The van der Waals surface area contributed by atoms with E-state index in [0.29, 0.717) is 5.56 Å². The Bertz CT molecular complexity index is 897. The predicted octanol–water partition coefficient (Wildman–Crippen LogP) is 5.45. The molecule has 3 aromatic carbocycles. The number of hydrogen-bond acceptors (Lipinski definition) is 1. The summed E-state index contributed by atoms with van der Waals surface area (Å²) in [4.78, 5) is 11.0. The number of aldehydes is 1. The third kappa shape index (κ3) is 1.98. The van der Waals surface area contributed by atoms with Crippen molar-refractivity contribution in [3.05, 3.63) is 94.0 Å². The summed E-state index contributed by atoms with van der Waals surface area (Å²) in [5.41, 5.74) is 9.63. The van der Waals surface area contributed by atoms with Crippen molar-refractivity contribution in [2.45, 2.75) is 26.2 Å². The first-order valence-electron chi connectivity index (χ1n) is 8.32. The van der Waals surface area contributed by atoms with Gasteiger partial charge >= 0.3 is 0 Å². The van der Waals surface area contributed by atoms with Gasteiger partial charge in [-0.2, -0.15) is 0 Å². The maximum Gasteiger partial charge on any atom is 0.150 e. The van der Waals surface area contributed by atoms with Crippen LogP contribution in [0.2, 0.25) is 0 Å². The minimum atomic E-state index is -0.190. The number of hydrogen-bond donors (Lipinski definition) is 0. The molecule has 0 atom stereocenters. The Morgan fingerprint density at radius 3 is 1.71 bits per heavy atom. The highest BCUT2D eigenvalue weighted by molar-refractivity contribution is 5.84. The number of benzene rings is 3. The van der Waals surface area contributed by atoms with Crippen molar-refractivity contribution in [1.29, 1.82) is 0 Å². The molecule has 0 aliphatic heterocycles. The van der Waals surface area contributed by atoms with Crippen LogP contribution in [0.25, 0.3) is 11.1 Å². The molecule has 0 unspecified atom stereocenters. The largest absolute Gasteiger partial charge is 0.298 e. The zero-order valence-corrected chi connectivity index (χ0v) is 14.3. The molecule has 24 heavy (non-hydrogen) atoms. The fraction of sp³-hybridized carbons (Fsp3) is 0.174. The maximum atomic E-state index is 11.0. The Balaban J connectivity index is 2.04. The van der Waals surface area contributed by atoms with Crippen molar-refractivity contribution >= 4 is 6.29 Å². The molecular weight excluding hydrogens is 292 g/mol. The topological polar surface area (TPSA) is 17.1 Å². The van der Waals surface area contributed by atoms with Crippen LogP contribution < -0.4 is 0 Å². The van der Waals surface area contributed by atoms with Gasteiger partial charge in [-0.15, -0.1) is 0 Å². The van der Waals surface area contributed by atoms with E-state index < -0.39 is 0 Å². The van der Waals surface area contributed by atoms with Crippen LogP contribution in [0.1, 0.15) is 45.1 Å². The summed E-state index contributed by atoms with van der Waals surface area (Å²) in [7, 11) is 0. The molecule has 0 aromatic heterocycles. The van der Waals surface area contributed by atoms with Gasteiger partial charge in [0.25, 0.3) is 0 Å². The first kappa shape index (κ1) is 14.9. The lowest BCUT2D eigenvalue weighted by Crippen LogP contribution is -2.22. The summed E-state index contributed by atoms with van der Waals surface area (Å²) < 4.78 is 0. The molecule has 118 valence electrons. The van der Waals surface area contributed by atoms with Crippen LogP contribution in [-0.2, 0) is 5.41 Å². The molecule has 1 aliphatic carbocycles. The van der Waals surface area contributed by atoms with E-state index in [1.807, 2.05) is 12.1 Å². The summed E-state index contributed by atoms with van der Waals surface area (Å²) in [6, 6.07) is 21.5. The second kappa shape index (κ2) is 5.17. The van der Waals surface area contributed by atoms with Gasteiger partial charge in [-0.1, -0.05) is 71.8 Å².